The predicted molar refractivity (Wildman–Crippen MR) is 105 cm³/mol. The Morgan fingerprint density at radius 3 is 2.60 bits per heavy atom. The topological polar surface area (TPSA) is 28.2 Å². The van der Waals surface area contributed by atoms with Crippen LogP contribution >= 0.6 is 11.6 Å². The van der Waals surface area contributed by atoms with Crippen molar-refractivity contribution in [2.75, 3.05) is 18.4 Å². The molecule has 1 aliphatic rings. The van der Waals surface area contributed by atoms with Gasteiger partial charge in [-0.15, -0.1) is 0 Å². The first-order valence-electron chi connectivity index (χ1n) is 8.87. The highest BCUT2D eigenvalue weighted by molar-refractivity contribution is 6.31. The van der Waals surface area contributed by atoms with E-state index in [0.29, 0.717) is 0 Å². The summed E-state index contributed by atoms with van der Waals surface area (Å²) in [6.07, 6.45) is 4.20. The molecule has 0 radical (unpaired) electrons. The number of hydrogen-bond acceptors (Lipinski definition) is 3. The summed E-state index contributed by atoms with van der Waals surface area (Å²) in [5, 5.41) is 5.40. The van der Waals surface area contributed by atoms with E-state index < -0.39 is 0 Å². The molecule has 2 aromatic carbocycles. The van der Waals surface area contributed by atoms with E-state index >= 15 is 0 Å². The molecule has 128 valence electrons. The average molecular weight is 352 g/mol. The minimum Gasteiger partial charge on any atom is -0.384 e. The van der Waals surface area contributed by atoms with Gasteiger partial charge in [-0.25, -0.2) is 0 Å². The van der Waals surface area contributed by atoms with Crippen molar-refractivity contribution >= 4 is 28.2 Å². The summed E-state index contributed by atoms with van der Waals surface area (Å²) >= 11 is 6.05. The highest BCUT2D eigenvalue weighted by atomic mass is 35.5. The molecule has 1 aliphatic heterocycles. The number of benzene rings is 2. The summed E-state index contributed by atoms with van der Waals surface area (Å²) in [5.74, 6) is 0. The van der Waals surface area contributed by atoms with Crippen molar-refractivity contribution in [2.45, 2.75) is 25.9 Å². The summed E-state index contributed by atoms with van der Waals surface area (Å²) in [6.45, 7) is 4.32. The molecule has 0 amide bonds. The van der Waals surface area contributed by atoms with E-state index in [0.717, 1.165) is 54.2 Å². The Bertz CT molecular complexity index is 853. The van der Waals surface area contributed by atoms with Crippen LogP contribution in [0.25, 0.3) is 10.9 Å². The molecule has 1 aromatic heterocycles. The summed E-state index contributed by atoms with van der Waals surface area (Å²) < 4.78 is 0. The highest BCUT2D eigenvalue weighted by Gasteiger charge is 2.17. The van der Waals surface area contributed by atoms with Gasteiger partial charge in [0.25, 0.3) is 0 Å². The Hall–Kier alpha value is -2.10. The van der Waals surface area contributed by atoms with Crippen molar-refractivity contribution in [3.8, 4) is 0 Å². The van der Waals surface area contributed by atoms with E-state index in [1.54, 1.807) is 0 Å². The Kier molecular flexibility index (Phi) is 4.86. The molecular weight excluding hydrogens is 330 g/mol. The van der Waals surface area contributed by atoms with Gasteiger partial charge >= 0.3 is 0 Å². The van der Waals surface area contributed by atoms with E-state index in [4.69, 9.17) is 11.6 Å². The van der Waals surface area contributed by atoms with Gasteiger partial charge in [0.1, 0.15) is 0 Å². The molecule has 0 spiro atoms. The number of hydrogen-bond donors (Lipinski definition) is 1. The Morgan fingerprint density at radius 1 is 1.00 bits per heavy atom. The molecule has 3 aromatic rings. The normalized spacial score (nSPS) is 14.0. The van der Waals surface area contributed by atoms with Crippen LogP contribution in [0.5, 0.6) is 0 Å². The van der Waals surface area contributed by atoms with Crippen LogP contribution in [0.2, 0.25) is 5.02 Å². The third-order valence-corrected chi connectivity index (χ3v) is 5.06. The number of nitrogens with one attached hydrogen (secondary N) is 1. The van der Waals surface area contributed by atoms with Gasteiger partial charge in [-0.05, 0) is 54.8 Å². The first-order valence-corrected chi connectivity index (χ1v) is 9.25. The van der Waals surface area contributed by atoms with Gasteiger partial charge < -0.3 is 5.32 Å². The van der Waals surface area contributed by atoms with E-state index in [-0.39, 0.29) is 0 Å². The molecule has 4 heteroatoms. The van der Waals surface area contributed by atoms with Gasteiger partial charge in [0.15, 0.2) is 0 Å². The van der Waals surface area contributed by atoms with Crippen molar-refractivity contribution in [2.24, 2.45) is 0 Å². The van der Waals surface area contributed by atoms with Crippen LogP contribution in [0, 0.1) is 0 Å². The fourth-order valence-corrected chi connectivity index (χ4v) is 3.69. The number of unbranched alkanes of at least 4 members (excludes halogenated alkanes) is 1. The molecule has 4 rings (SSSR count). The Morgan fingerprint density at radius 2 is 1.80 bits per heavy atom. The lowest BCUT2D eigenvalue weighted by atomic mass is 10.1. The highest BCUT2D eigenvalue weighted by Crippen LogP contribution is 2.25. The molecular formula is C21H22ClN3. The lowest BCUT2D eigenvalue weighted by Crippen LogP contribution is -2.18. The van der Waals surface area contributed by atoms with Crippen molar-refractivity contribution in [1.82, 2.24) is 9.88 Å². The largest absolute Gasteiger partial charge is 0.384 e. The van der Waals surface area contributed by atoms with Gasteiger partial charge in [-0.1, -0.05) is 35.9 Å². The van der Waals surface area contributed by atoms with E-state index in [1.807, 2.05) is 30.5 Å². The van der Waals surface area contributed by atoms with Gasteiger partial charge in [-0.2, -0.15) is 0 Å². The SMILES string of the molecule is Clc1ccc2c(NCCCCN3Cc4ccccc4C3)ccnc2c1. The van der Waals surface area contributed by atoms with Gasteiger partial charge in [0.05, 0.1) is 5.52 Å². The van der Waals surface area contributed by atoms with Crippen molar-refractivity contribution < 1.29 is 0 Å². The Labute approximate surface area is 153 Å². The van der Waals surface area contributed by atoms with Crippen LogP contribution in [0.3, 0.4) is 0 Å². The number of anilines is 1. The van der Waals surface area contributed by atoms with E-state index in [1.165, 1.54) is 17.5 Å². The fraction of sp³-hybridized carbons (Fsp3) is 0.286. The first-order chi connectivity index (χ1) is 12.3. The van der Waals surface area contributed by atoms with Crippen LogP contribution in [0.1, 0.15) is 24.0 Å². The second-order valence-electron chi connectivity index (χ2n) is 6.63. The van der Waals surface area contributed by atoms with Gasteiger partial charge in [0.2, 0.25) is 0 Å². The molecule has 25 heavy (non-hydrogen) atoms. The quantitative estimate of drug-likeness (QED) is 0.626. The van der Waals surface area contributed by atoms with Crippen molar-refractivity contribution in [3.05, 3.63) is 70.9 Å². The zero-order chi connectivity index (χ0) is 17.1. The maximum atomic E-state index is 6.05. The summed E-state index contributed by atoms with van der Waals surface area (Å²) in [6, 6.07) is 16.7. The predicted octanol–water partition coefficient (Wildman–Crippen LogP) is 5.10. The Balaban J connectivity index is 1.25. The third-order valence-electron chi connectivity index (χ3n) is 4.83. The molecule has 0 saturated carbocycles. The van der Waals surface area contributed by atoms with E-state index in [9.17, 15) is 0 Å². The maximum Gasteiger partial charge on any atom is 0.0737 e. The molecule has 3 nitrogen and oxygen atoms in total. The second kappa shape index (κ2) is 7.42. The molecule has 2 heterocycles. The molecule has 0 atom stereocenters. The molecule has 0 fully saturated rings. The lowest BCUT2D eigenvalue weighted by Gasteiger charge is -2.15. The fourth-order valence-electron chi connectivity index (χ4n) is 3.52. The van der Waals surface area contributed by atoms with Gasteiger partial charge in [0, 0.05) is 41.9 Å². The van der Waals surface area contributed by atoms with Crippen LogP contribution < -0.4 is 5.32 Å². The lowest BCUT2D eigenvalue weighted by molar-refractivity contribution is 0.279. The zero-order valence-electron chi connectivity index (χ0n) is 14.2. The molecule has 0 bridgehead atoms. The number of nitrogens with zero attached hydrogens (tertiary/aromatic N) is 2. The monoisotopic (exact) mass is 351 g/mol. The number of aromatic nitrogens is 1. The van der Waals surface area contributed by atoms with Crippen molar-refractivity contribution in [1.29, 1.82) is 0 Å². The van der Waals surface area contributed by atoms with Gasteiger partial charge in [-0.3, -0.25) is 9.88 Å². The minimum atomic E-state index is 0.726. The van der Waals surface area contributed by atoms with Crippen LogP contribution in [0.15, 0.2) is 54.7 Å². The number of fused-ring (bicyclic) bond motifs is 2. The molecule has 0 saturated heterocycles. The number of rotatable bonds is 6. The summed E-state index contributed by atoms with van der Waals surface area (Å²) in [5.41, 5.74) is 5.05. The maximum absolute atomic E-state index is 6.05. The molecule has 0 aliphatic carbocycles. The molecule has 1 N–H and O–H groups in total. The van der Waals surface area contributed by atoms with Crippen molar-refractivity contribution in [3.63, 3.8) is 0 Å². The van der Waals surface area contributed by atoms with Crippen LogP contribution in [-0.2, 0) is 13.1 Å². The average Bonchev–Trinajstić information content (AvgIpc) is 3.04. The van der Waals surface area contributed by atoms with Crippen LogP contribution in [0.4, 0.5) is 5.69 Å². The summed E-state index contributed by atoms with van der Waals surface area (Å²) in [7, 11) is 0. The number of halogens is 1. The standard InChI is InChI=1S/C21H22ClN3/c22-18-7-8-19-20(9-11-24-21(19)13-18)23-10-3-4-12-25-14-16-5-1-2-6-17(16)15-25/h1-2,5-9,11,13H,3-4,10,12,14-15H2,(H,23,24). The number of pyridine rings is 1. The third kappa shape index (κ3) is 3.78. The zero-order valence-corrected chi connectivity index (χ0v) is 15.0. The molecule has 0 unspecified atom stereocenters. The smallest absolute Gasteiger partial charge is 0.0737 e. The minimum absolute atomic E-state index is 0.726. The summed E-state index contributed by atoms with van der Waals surface area (Å²) in [4.78, 5) is 6.92. The second-order valence-corrected chi connectivity index (χ2v) is 7.07. The first kappa shape index (κ1) is 16.4. The van der Waals surface area contributed by atoms with E-state index in [2.05, 4.69) is 39.5 Å². The van der Waals surface area contributed by atoms with Crippen LogP contribution in [-0.4, -0.2) is 23.0 Å².